The minimum absolute atomic E-state index is 0.170. The molecule has 0 saturated heterocycles. The highest BCUT2D eigenvalue weighted by atomic mass is 16.5. The van der Waals surface area contributed by atoms with Gasteiger partial charge in [-0.15, -0.1) is 0 Å². The second-order valence-electron chi connectivity index (χ2n) is 7.56. The van der Waals surface area contributed by atoms with Crippen molar-refractivity contribution in [2.75, 3.05) is 23.1 Å². The third-order valence-electron chi connectivity index (χ3n) is 5.17. The Kier molecular flexibility index (Phi) is 6.82. The Balaban J connectivity index is 1.44. The summed E-state index contributed by atoms with van der Waals surface area (Å²) in [6.45, 7) is 0.380. The fourth-order valence-corrected chi connectivity index (χ4v) is 3.41. The Labute approximate surface area is 201 Å². The average molecular weight is 473 g/mol. The minimum Gasteiger partial charge on any atom is -0.508 e. The van der Waals surface area contributed by atoms with Gasteiger partial charge in [0, 0.05) is 17.9 Å². The van der Waals surface area contributed by atoms with Gasteiger partial charge >= 0.3 is 0 Å². The highest BCUT2D eigenvalue weighted by Gasteiger charge is 2.19. The van der Waals surface area contributed by atoms with E-state index >= 15 is 0 Å². The molecular weight excluding hydrogens is 448 g/mol. The van der Waals surface area contributed by atoms with Crippen LogP contribution in [0.25, 0.3) is 0 Å². The molecule has 178 valence electrons. The van der Waals surface area contributed by atoms with Gasteiger partial charge in [-0.25, -0.2) is 0 Å². The number of aromatic hydroxyl groups is 1. The van der Waals surface area contributed by atoms with E-state index in [0.717, 1.165) is 5.56 Å². The molecule has 0 aliphatic carbocycles. The van der Waals surface area contributed by atoms with E-state index in [1.165, 1.54) is 7.11 Å². The Morgan fingerprint density at radius 2 is 1.69 bits per heavy atom. The van der Waals surface area contributed by atoms with Gasteiger partial charge in [0.05, 0.1) is 12.7 Å². The summed E-state index contributed by atoms with van der Waals surface area (Å²) >= 11 is 0. The summed E-state index contributed by atoms with van der Waals surface area (Å²) in [7, 11) is 1.51. The van der Waals surface area contributed by atoms with E-state index in [0.29, 0.717) is 40.9 Å². The van der Waals surface area contributed by atoms with Crippen molar-refractivity contribution in [1.82, 2.24) is 10.2 Å². The lowest BCUT2D eigenvalue weighted by molar-refractivity contribution is 0.0998. The Bertz CT molecular complexity index is 1330. The quantitative estimate of drug-likeness (QED) is 0.216. The Morgan fingerprint density at radius 3 is 2.37 bits per heavy atom. The lowest BCUT2D eigenvalue weighted by atomic mass is 10.2. The molecule has 1 heterocycles. The van der Waals surface area contributed by atoms with Gasteiger partial charge in [-0.2, -0.15) is 5.10 Å². The number of nitrogens with two attached hydrogens (primary N) is 1. The van der Waals surface area contributed by atoms with Crippen LogP contribution in [0, 0.1) is 0 Å². The van der Waals surface area contributed by atoms with E-state index in [1.807, 2.05) is 0 Å². The molecule has 0 fully saturated rings. The normalized spacial score (nSPS) is 10.4. The van der Waals surface area contributed by atoms with Crippen LogP contribution < -0.4 is 26.4 Å². The predicted molar refractivity (Wildman–Crippen MR) is 133 cm³/mol. The maximum absolute atomic E-state index is 12.6. The van der Waals surface area contributed by atoms with E-state index in [9.17, 15) is 14.7 Å². The first-order valence-electron chi connectivity index (χ1n) is 10.7. The molecule has 35 heavy (non-hydrogen) atoms. The smallest absolute Gasteiger partial charge is 0.259 e. The summed E-state index contributed by atoms with van der Waals surface area (Å²) in [5.41, 5.74) is 8.32. The van der Waals surface area contributed by atoms with Crippen molar-refractivity contribution in [3.05, 3.63) is 89.5 Å². The number of hydrogen-bond acceptors (Lipinski definition) is 7. The lowest BCUT2D eigenvalue weighted by Crippen LogP contribution is -2.15. The fourth-order valence-electron chi connectivity index (χ4n) is 3.41. The number of amides is 2. The number of benzene rings is 3. The second-order valence-corrected chi connectivity index (χ2v) is 7.56. The maximum atomic E-state index is 12.6. The van der Waals surface area contributed by atoms with Crippen LogP contribution in [0.3, 0.4) is 0 Å². The number of hydrogen-bond donors (Lipinski definition) is 6. The van der Waals surface area contributed by atoms with E-state index in [4.69, 9.17) is 10.5 Å². The van der Waals surface area contributed by atoms with Crippen molar-refractivity contribution in [2.24, 2.45) is 5.73 Å². The van der Waals surface area contributed by atoms with Gasteiger partial charge in [-0.05, 0) is 54.1 Å². The molecule has 10 heteroatoms. The Hall–Kier alpha value is -4.99. The SMILES string of the molecule is COc1ccccc1C(=O)Nc1ccc(Nc2[nH]nc(NCc3ccc(O)cc3)c2C(N)=O)cc1. The number of nitrogens with zero attached hydrogens (tertiary/aromatic N) is 1. The summed E-state index contributed by atoms with van der Waals surface area (Å²) in [5.74, 6) is 0.331. The van der Waals surface area contributed by atoms with Crippen molar-refractivity contribution >= 4 is 34.8 Å². The molecule has 0 bridgehead atoms. The van der Waals surface area contributed by atoms with Crippen LogP contribution in [0.5, 0.6) is 11.5 Å². The van der Waals surface area contributed by atoms with Gasteiger partial charge in [0.15, 0.2) is 5.82 Å². The molecule has 0 atom stereocenters. The molecule has 0 unspecified atom stereocenters. The van der Waals surface area contributed by atoms with Gasteiger partial charge in [-0.3, -0.25) is 14.7 Å². The summed E-state index contributed by atoms with van der Waals surface area (Å²) < 4.78 is 5.24. The first-order chi connectivity index (χ1) is 16.9. The zero-order valence-corrected chi connectivity index (χ0v) is 18.8. The second kappa shape index (κ2) is 10.3. The number of methoxy groups -OCH3 is 1. The lowest BCUT2D eigenvalue weighted by Gasteiger charge is -2.10. The number of ether oxygens (including phenoxy) is 1. The zero-order chi connectivity index (χ0) is 24.8. The number of anilines is 4. The van der Waals surface area contributed by atoms with Crippen LogP contribution in [0.15, 0.2) is 72.8 Å². The number of carbonyl (C=O) groups is 2. The number of primary amides is 1. The summed E-state index contributed by atoms with van der Waals surface area (Å²) in [6, 6.07) is 20.5. The molecule has 4 rings (SSSR count). The molecule has 0 radical (unpaired) electrons. The molecule has 4 aromatic rings. The van der Waals surface area contributed by atoms with Crippen LogP contribution in [-0.2, 0) is 6.54 Å². The molecule has 10 nitrogen and oxygen atoms in total. The van der Waals surface area contributed by atoms with Crippen LogP contribution in [0.1, 0.15) is 26.3 Å². The highest BCUT2D eigenvalue weighted by molar-refractivity contribution is 6.06. The first-order valence-corrected chi connectivity index (χ1v) is 10.7. The molecule has 0 aliphatic heterocycles. The topological polar surface area (TPSA) is 154 Å². The number of phenols is 1. The van der Waals surface area contributed by atoms with Crippen LogP contribution in [-0.4, -0.2) is 34.2 Å². The molecule has 1 aromatic heterocycles. The number of H-pyrrole nitrogens is 1. The van der Waals surface area contributed by atoms with Gasteiger partial charge in [0.25, 0.3) is 11.8 Å². The molecule has 7 N–H and O–H groups in total. The average Bonchev–Trinajstić information content (AvgIpc) is 3.27. The number of aromatic amines is 1. The van der Waals surface area contributed by atoms with Crippen LogP contribution in [0.2, 0.25) is 0 Å². The zero-order valence-electron chi connectivity index (χ0n) is 18.8. The number of rotatable bonds is 9. The van der Waals surface area contributed by atoms with E-state index in [-0.39, 0.29) is 17.2 Å². The van der Waals surface area contributed by atoms with Crippen molar-refractivity contribution < 1.29 is 19.4 Å². The number of carbonyl (C=O) groups excluding carboxylic acids is 2. The number of para-hydroxylation sites is 1. The monoisotopic (exact) mass is 472 g/mol. The van der Waals surface area contributed by atoms with E-state index in [2.05, 4.69) is 26.1 Å². The molecular formula is C25H24N6O4. The third kappa shape index (κ3) is 5.50. The number of nitrogens with one attached hydrogen (secondary N) is 4. The summed E-state index contributed by atoms with van der Waals surface area (Å²) in [5, 5.41) is 25.3. The van der Waals surface area contributed by atoms with Gasteiger partial charge < -0.3 is 31.5 Å². The van der Waals surface area contributed by atoms with Crippen molar-refractivity contribution in [3.63, 3.8) is 0 Å². The van der Waals surface area contributed by atoms with Crippen LogP contribution >= 0.6 is 0 Å². The van der Waals surface area contributed by atoms with Gasteiger partial charge in [0.2, 0.25) is 0 Å². The first kappa shape index (κ1) is 23.2. The minimum atomic E-state index is -0.657. The van der Waals surface area contributed by atoms with E-state index in [1.54, 1.807) is 72.8 Å². The molecule has 0 spiro atoms. The van der Waals surface area contributed by atoms with Gasteiger partial charge in [0.1, 0.15) is 22.9 Å². The molecule has 3 aromatic carbocycles. The number of phenolic OH excluding ortho intramolecular Hbond substituents is 1. The van der Waals surface area contributed by atoms with Crippen molar-refractivity contribution in [3.8, 4) is 11.5 Å². The molecule has 0 saturated carbocycles. The summed E-state index contributed by atoms with van der Waals surface area (Å²) in [4.78, 5) is 24.7. The predicted octanol–water partition coefficient (Wildman–Crippen LogP) is 3.83. The van der Waals surface area contributed by atoms with E-state index < -0.39 is 5.91 Å². The van der Waals surface area contributed by atoms with Gasteiger partial charge in [-0.1, -0.05) is 24.3 Å². The third-order valence-corrected chi connectivity index (χ3v) is 5.17. The standard InChI is InChI=1S/C25H24N6O4/c1-35-20-5-3-2-4-19(20)25(34)29-17-10-8-16(9-11-17)28-24-21(22(26)33)23(30-31-24)27-14-15-6-12-18(32)13-7-15/h2-13,32H,14H2,1H3,(H2,26,33)(H,29,34)(H3,27,28,30,31). The Morgan fingerprint density at radius 1 is 1.00 bits per heavy atom. The molecule has 2 amide bonds. The van der Waals surface area contributed by atoms with Crippen LogP contribution in [0.4, 0.5) is 23.0 Å². The van der Waals surface area contributed by atoms with Crippen molar-refractivity contribution in [1.29, 1.82) is 0 Å². The summed E-state index contributed by atoms with van der Waals surface area (Å²) in [6.07, 6.45) is 0. The number of aromatic nitrogens is 2. The maximum Gasteiger partial charge on any atom is 0.259 e. The molecule has 0 aliphatic rings. The largest absolute Gasteiger partial charge is 0.508 e. The fraction of sp³-hybridized carbons (Fsp3) is 0.0800. The highest BCUT2D eigenvalue weighted by Crippen LogP contribution is 2.26. The van der Waals surface area contributed by atoms with Crippen molar-refractivity contribution in [2.45, 2.75) is 6.54 Å².